The number of alkyl carbamates (subject to hydrolysis) is 1. The molecule has 1 aliphatic carbocycles. The van der Waals surface area contributed by atoms with Gasteiger partial charge in [0.2, 0.25) is 0 Å². The van der Waals surface area contributed by atoms with Crippen molar-refractivity contribution in [2.75, 3.05) is 5.32 Å². The highest BCUT2D eigenvalue weighted by molar-refractivity contribution is 6.37. The van der Waals surface area contributed by atoms with Crippen molar-refractivity contribution in [3.63, 3.8) is 0 Å². The maximum absolute atomic E-state index is 13.1. The Bertz CT molecular complexity index is 1360. The number of pyridine rings is 1. The van der Waals surface area contributed by atoms with E-state index in [0.29, 0.717) is 12.0 Å². The summed E-state index contributed by atoms with van der Waals surface area (Å²) in [6.07, 6.45) is 5.69. The van der Waals surface area contributed by atoms with Gasteiger partial charge >= 0.3 is 6.09 Å². The number of ketones is 1. The van der Waals surface area contributed by atoms with Gasteiger partial charge in [-0.3, -0.25) is 9.78 Å². The van der Waals surface area contributed by atoms with E-state index >= 15 is 0 Å². The number of nitrogens with one attached hydrogen (secondary N) is 2. The maximum Gasteiger partial charge on any atom is 0.407 e. The Morgan fingerprint density at radius 1 is 1.03 bits per heavy atom. The van der Waals surface area contributed by atoms with E-state index < -0.39 is 11.7 Å². The van der Waals surface area contributed by atoms with E-state index in [4.69, 9.17) is 27.9 Å². The minimum Gasteiger partial charge on any atom is -0.505 e. The van der Waals surface area contributed by atoms with Gasteiger partial charge < -0.3 is 20.5 Å². The summed E-state index contributed by atoms with van der Waals surface area (Å²) >= 11 is 12.4. The highest BCUT2D eigenvalue weighted by atomic mass is 35.5. The Balaban J connectivity index is 1.62. The lowest BCUT2D eigenvalue weighted by atomic mass is 9.90. The average Bonchev–Trinajstić information content (AvgIpc) is 2.87. The number of hydrogen-bond acceptors (Lipinski definition) is 6. The second-order valence-corrected chi connectivity index (χ2v) is 11.9. The molecule has 3 aromatic rings. The Hall–Kier alpha value is -3.03. The molecule has 1 heterocycles. The number of aromatic hydroxyl groups is 1. The van der Waals surface area contributed by atoms with Crippen LogP contribution in [0.15, 0.2) is 36.5 Å². The highest BCUT2D eigenvalue weighted by Gasteiger charge is 2.26. The number of carbonyl (C=O) groups is 2. The fraction of sp³-hybridized carbons (Fsp3) is 0.433. The van der Waals surface area contributed by atoms with Gasteiger partial charge in [-0.1, -0.05) is 36.2 Å². The molecule has 0 radical (unpaired) electrons. The molecule has 7 nitrogen and oxygen atoms in total. The normalized spacial score (nSPS) is 17.6. The van der Waals surface area contributed by atoms with Crippen LogP contribution in [-0.4, -0.2) is 39.7 Å². The molecule has 0 saturated heterocycles. The Kier molecular flexibility index (Phi) is 8.92. The topological polar surface area (TPSA) is 101 Å². The first kappa shape index (κ1) is 29.0. The van der Waals surface area contributed by atoms with Crippen LogP contribution in [0.3, 0.4) is 0 Å². The van der Waals surface area contributed by atoms with E-state index in [0.717, 1.165) is 59.8 Å². The van der Waals surface area contributed by atoms with Crippen LogP contribution in [0.2, 0.25) is 10.0 Å². The smallest absolute Gasteiger partial charge is 0.407 e. The third kappa shape index (κ3) is 7.14. The summed E-state index contributed by atoms with van der Waals surface area (Å²) in [5.41, 5.74) is 3.13. The van der Waals surface area contributed by atoms with Crippen molar-refractivity contribution in [2.24, 2.45) is 0 Å². The zero-order valence-corrected chi connectivity index (χ0v) is 24.2. The van der Waals surface area contributed by atoms with Gasteiger partial charge in [0.15, 0.2) is 11.5 Å². The van der Waals surface area contributed by atoms with Crippen molar-refractivity contribution in [1.82, 2.24) is 10.3 Å². The van der Waals surface area contributed by atoms with Crippen LogP contribution in [0.1, 0.15) is 76.6 Å². The molecule has 2 aromatic carbocycles. The fourth-order valence-corrected chi connectivity index (χ4v) is 5.38. The number of hydrogen-bond donors (Lipinski definition) is 3. The zero-order valence-electron chi connectivity index (χ0n) is 22.7. The number of phenolic OH excluding ortho intramolecular Hbond substituents is 1. The first-order valence-electron chi connectivity index (χ1n) is 13.4. The summed E-state index contributed by atoms with van der Waals surface area (Å²) in [5, 5.41) is 17.8. The molecule has 39 heavy (non-hydrogen) atoms. The van der Waals surface area contributed by atoms with Crippen molar-refractivity contribution >= 4 is 51.7 Å². The molecule has 3 N–H and O–H groups in total. The number of benzene rings is 2. The largest absolute Gasteiger partial charge is 0.505 e. The Morgan fingerprint density at radius 3 is 2.28 bits per heavy atom. The van der Waals surface area contributed by atoms with E-state index in [2.05, 4.69) is 15.6 Å². The summed E-state index contributed by atoms with van der Waals surface area (Å²) in [6, 6.07) is 9.29. The number of aromatic nitrogens is 1. The molecule has 0 atom stereocenters. The lowest BCUT2D eigenvalue weighted by Gasteiger charge is -2.31. The van der Waals surface area contributed by atoms with Crippen molar-refractivity contribution in [2.45, 2.75) is 83.9 Å². The first-order valence-corrected chi connectivity index (χ1v) is 14.1. The van der Waals surface area contributed by atoms with Gasteiger partial charge in [-0.2, -0.15) is 0 Å². The van der Waals surface area contributed by atoms with Gasteiger partial charge in [-0.15, -0.1) is 0 Å². The number of ether oxygens (including phenoxy) is 1. The number of carbonyl (C=O) groups excluding carboxylic acids is 2. The van der Waals surface area contributed by atoms with Gasteiger partial charge in [0, 0.05) is 30.1 Å². The average molecular weight is 573 g/mol. The lowest BCUT2D eigenvalue weighted by Crippen LogP contribution is -2.42. The first-order chi connectivity index (χ1) is 18.4. The second kappa shape index (κ2) is 12.0. The van der Waals surface area contributed by atoms with Crippen LogP contribution in [0, 0.1) is 0 Å². The van der Waals surface area contributed by atoms with Crippen LogP contribution in [0.4, 0.5) is 10.5 Å². The number of amides is 1. The SMILES string of the molecule is CCCC(=O)c1cnc2ccc(-c3cc(Cl)c(O)c(Cl)c3)cc2c1NC1CCC(NC(=O)OC(C)(C)C)CC1. The standard InChI is InChI=1S/C30H35Cl2N3O4/c1-5-6-26(36)22-16-33-25-12-7-17(18-14-23(31)28(37)24(32)15-18)13-21(25)27(22)34-19-8-10-20(11-9-19)35-29(38)39-30(2,3)4/h7,12-16,19-20,37H,5-6,8-11H2,1-4H3,(H,33,34)(H,35,38). The molecule has 208 valence electrons. The molecule has 0 aliphatic heterocycles. The molecule has 1 saturated carbocycles. The summed E-state index contributed by atoms with van der Waals surface area (Å²) < 4.78 is 5.40. The molecular formula is C30H35Cl2N3O4. The van der Waals surface area contributed by atoms with Gasteiger partial charge in [0.05, 0.1) is 26.8 Å². The second-order valence-electron chi connectivity index (χ2n) is 11.1. The van der Waals surface area contributed by atoms with E-state index in [1.54, 1.807) is 18.3 Å². The van der Waals surface area contributed by atoms with E-state index in [9.17, 15) is 14.7 Å². The number of rotatable bonds is 7. The predicted molar refractivity (Wildman–Crippen MR) is 157 cm³/mol. The van der Waals surface area contributed by atoms with Crippen LogP contribution < -0.4 is 10.6 Å². The monoisotopic (exact) mass is 571 g/mol. The van der Waals surface area contributed by atoms with E-state index in [-0.39, 0.29) is 33.7 Å². The molecule has 9 heteroatoms. The van der Waals surface area contributed by atoms with Crippen LogP contribution in [0.5, 0.6) is 5.75 Å². The number of fused-ring (bicyclic) bond motifs is 1. The minimum atomic E-state index is -0.539. The molecule has 1 amide bonds. The van der Waals surface area contributed by atoms with Crippen molar-refractivity contribution in [3.8, 4) is 16.9 Å². The fourth-order valence-electron chi connectivity index (χ4n) is 4.89. The third-order valence-corrected chi connectivity index (χ3v) is 7.37. The molecule has 0 unspecified atom stereocenters. The van der Waals surface area contributed by atoms with E-state index in [1.807, 2.05) is 45.9 Å². The van der Waals surface area contributed by atoms with Crippen LogP contribution in [-0.2, 0) is 4.74 Å². The third-order valence-electron chi connectivity index (χ3n) is 6.79. The number of Topliss-reactive ketones (excluding diaryl/α,β-unsaturated/α-hetero) is 1. The molecule has 1 fully saturated rings. The summed E-state index contributed by atoms with van der Waals surface area (Å²) in [5.74, 6) is -0.119. The molecule has 4 rings (SSSR count). The molecule has 0 spiro atoms. The lowest BCUT2D eigenvalue weighted by molar-refractivity contribution is 0.0492. The zero-order chi connectivity index (χ0) is 28.3. The summed E-state index contributed by atoms with van der Waals surface area (Å²) in [6.45, 7) is 7.52. The molecular weight excluding hydrogens is 537 g/mol. The Labute approximate surface area is 239 Å². The maximum atomic E-state index is 13.1. The number of phenols is 1. The quantitative estimate of drug-likeness (QED) is 0.247. The van der Waals surface area contributed by atoms with Crippen molar-refractivity contribution < 1.29 is 19.4 Å². The summed E-state index contributed by atoms with van der Waals surface area (Å²) in [4.78, 5) is 29.9. The number of anilines is 1. The van der Waals surface area contributed by atoms with Crippen LogP contribution in [0.25, 0.3) is 22.0 Å². The Morgan fingerprint density at radius 2 is 1.67 bits per heavy atom. The van der Waals surface area contributed by atoms with Gasteiger partial charge in [0.25, 0.3) is 0 Å². The highest BCUT2D eigenvalue weighted by Crippen LogP contribution is 2.38. The van der Waals surface area contributed by atoms with Gasteiger partial charge in [0.1, 0.15) is 5.60 Å². The van der Waals surface area contributed by atoms with E-state index in [1.165, 1.54) is 0 Å². The van der Waals surface area contributed by atoms with Gasteiger partial charge in [-0.05, 0) is 88.3 Å². The molecule has 0 bridgehead atoms. The molecule has 1 aromatic heterocycles. The van der Waals surface area contributed by atoms with Crippen molar-refractivity contribution in [3.05, 3.63) is 52.1 Å². The van der Waals surface area contributed by atoms with Crippen molar-refractivity contribution in [1.29, 1.82) is 0 Å². The minimum absolute atomic E-state index is 0.0378. The molecule has 1 aliphatic rings. The summed E-state index contributed by atoms with van der Waals surface area (Å²) in [7, 11) is 0. The predicted octanol–water partition coefficient (Wildman–Crippen LogP) is 8.14. The van der Waals surface area contributed by atoms with Crippen LogP contribution >= 0.6 is 23.2 Å². The number of halogens is 2. The van der Waals surface area contributed by atoms with Gasteiger partial charge in [-0.25, -0.2) is 4.79 Å². The number of nitrogens with zero attached hydrogens (tertiary/aromatic N) is 1.